The lowest BCUT2D eigenvalue weighted by atomic mass is 10.0. The molecule has 0 spiro atoms. The zero-order valence-corrected chi connectivity index (χ0v) is 9.55. The second kappa shape index (κ2) is 5.35. The first-order chi connectivity index (χ1) is 6.69. The Balaban J connectivity index is 2.47. The van der Waals surface area contributed by atoms with Gasteiger partial charge < -0.3 is 10.2 Å². The molecule has 0 saturated carbocycles. The van der Waals surface area contributed by atoms with Crippen molar-refractivity contribution < 1.29 is 4.79 Å². The molecule has 2 atom stereocenters. The molecule has 1 fully saturated rings. The molecule has 3 nitrogen and oxygen atoms in total. The van der Waals surface area contributed by atoms with E-state index < -0.39 is 0 Å². The molecule has 2 unspecified atom stereocenters. The van der Waals surface area contributed by atoms with Gasteiger partial charge in [0.25, 0.3) is 0 Å². The molecule has 82 valence electrons. The minimum atomic E-state index is 0.186. The highest BCUT2D eigenvalue weighted by Crippen LogP contribution is 2.14. The summed E-state index contributed by atoms with van der Waals surface area (Å²) in [5, 5.41) is 3.25. The second-order valence-corrected chi connectivity index (χ2v) is 4.22. The maximum atomic E-state index is 11.9. The van der Waals surface area contributed by atoms with Crippen molar-refractivity contribution in [2.24, 2.45) is 5.92 Å². The van der Waals surface area contributed by atoms with Crippen molar-refractivity contribution in [2.75, 3.05) is 20.1 Å². The van der Waals surface area contributed by atoms with Crippen LogP contribution in [0.4, 0.5) is 0 Å². The summed E-state index contributed by atoms with van der Waals surface area (Å²) in [6.45, 7) is 5.93. The van der Waals surface area contributed by atoms with E-state index in [9.17, 15) is 4.79 Å². The third-order valence-corrected chi connectivity index (χ3v) is 3.18. The van der Waals surface area contributed by atoms with Gasteiger partial charge in [-0.05, 0) is 26.3 Å². The molecule has 3 heteroatoms. The Morgan fingerprint density at radius 1 is 1.64 bits per heavy atom. The average molecular weight is 198 g/mol. The Labute approximate surface area is 86.9 Å². The summed E-state index contributed by atoms with van der Waals surface area (Å²) in [6.07, 6.45) is 3.27. The van der Waals surface area contributed by atoms with Crippen LogP contribution in [0.3, 0.4) is 0 Å². The third kappa shape index (κ3) is 2.71. The van der Waals surface area contributed by atoms with Gasteiger partial charge in [-0.25, -0.2) is 0 Å². The molecule has 1 amide bonds. The number of likely N-dealkylation sites (N-methyl/N-ethyl adjacent to an activating group) is 1. The topological polar surface area (TPSA) is 32.3 Å². The summed E-state index contributed by atoms with van der Waals surface area (Å²) in [6, 6.07) is 0.497. The van der Waals surface area contributed by atoms with Crippen LogP contribution in [-0.4, -0.2) is 37.0 Å². The smallest absolute Gasteiger partial charge is 0.225 e. The minimum Gasteiger partial charge on any atom is -0.341 e. The standard InChI is InChI=1S/C11H22N2O/c1-4-9(2)11(14)13-7-5-6-10(8-13)12-3/h9-10,12H,4-8H2,1-3H3. The number of likely N-dealkylation sites (tertiary alicyclic amines) is 1. The number of rotatable bonds is 3. The van der Waals surface area contributed by atoms with Gasteiger partial charge in [-0.3, -0.25) is 4.79 Å². The molecule has 0 aromatic rings. The van der Waals surface area contributed by atoms with Gasteiger partial charge in [-0.2, -0.15) is 0 Å². The van der Waals surface area contributed by atoms with Crippen LogP contribution in [0.5, 0.6) is 0 Å². The summed E-state index contributed by atoms with van der Waals surface area (Å²) < 4.78 is 0. The number of hydrogen-bond donors (Lipinski definition) is 1. The van der Waals surface area contributed by atoms with Crippen LogP contribution in [0.2, 0.25) is 0 Å². The van der Waals surface area contributed by atoms with Gasteiger partial charge in [-0.15, -0.1) is 0 Å². The quantitative estimate of drug-likeness (QED) is 0.740. The monoisotopic (exact) mass is 198 g/mol. The number of piperidine rings is 1. The normalized spacial score (nSPS) is 24.8. The van der Waals surface area contributed by atoms with E-state index in [0.717, 1.165) is 25.9 Å². The van der Waals surface area contributed by atoms with Crippen molar-refractivity contribution in [3.8, 4) is 0 Å². The fourth-order valence-corrected chi connectivity index (χ4v) is 1.90. The summed E-state index contributed by atoms with van der Waals surface area (Å²) in [5.74, 6) is 0.512. The zero-order chi connectivity index (χ0) is 10.6. The van der Waals surface area contributed by atoms with E-state index in [2.05, 4.69) is 12.2 Å². The molecule has 1 N–H and O–H groups in total. The minimum absolute atomic E-state index is 0.186. The fraction of sp³-hybridized carbons (Fsp3) is 0.909. The number of hydrogen-bond acceptors (Lipinski definition) is 2. The summed E-state index contributed by atoms with van der Waals surface area (Å²) >= 11 is 0. The van der Waals surface area contributed by atoms with Crippen molar-refractivity contribution in [3.05, 3.63) is 0 Å². The van der Waals surface area contributed by atoms with Crippen molar-refractivity contribution in [2.45, 2.75) is 39.2 Å². The van der Waals surface area contributed by atoms with Gasteiger partial charge >= 0.3 is 0 Å². The van der Waals surface area contributed by atoms with Gasteiger partial charge in [0.1, 0.15) is 0 Å². The molecule has 1 aliphatic heterocycles. The molecule has 1 saturated heterocycles. The van der Waals surface area contributed by atoms with Crippen LogP contribution >= 0.6 is 0 Å². The first-order valence-corrected chi connectivity index (χ1v) is 5.65. The van der Waals surface area contributed by atoms with E-state index >= 15 is 0 Å². The predicted octanol–water partition coefficient (Wildman–Crippen LogP) is 1.24. The zero-order valence-electron chi connectivity index (χ0n) is 9.55. The lowest BCUT2D eigenvalue weighted by Gasteiger charge is -2.34. The molecule has 0 aromatic carbocycles. The van der Waals surface area contributed by atoms with Gasteiger partial charge in [0.15, 0.2) is 0 Å². The Morgan fingerprint density at radius 2 is 2.36 bits per heavy atom. The Morgan fingerprint density at radius 3 is 2.93 bits per heavy atom. The first-order valence-electron chi connectivity index (χ1n) is 5.65. The molecule has 0 radical (unpaired) electrons. The van der Waals surface area contributed by atoms with E-state index in [-0.39, 0.29) is 5.92 Å². The fourth-order valence-electron chi connectivity index (χ4n) is 1.90. The summed E-state index contributed by atoms with van der Waals surface area (Å²) in [4.78, 5) is 13.9. The van der Waals surface area contributed by atoms with E-state index in [0.29, 0.717) is 11.9 Å². The summed E-state index contributed by atoms with van der Waals surface area (Å²) in [5.41, 5.74) is 0. The molecule has 1 heterocycles. The number of carbonyl (C=O) groups is 1. The van der Waals surface area contributed by atoms with E-state index in [1.165, 1.54) is 6.42 Å². The van der Waals surface area contributed by atoms with Crippen LogP contribution in [0.25, 0.3) is 0 Å². The second-order valence-electron chi connectivity index (χ2n) is 4.22. The number of nitrogens with zero attached hydrogens (tertiary/aromatic N) is 1. The summed E-state index contributed by atoms with van der Waals surface area (Å²) in [7, 11) is 1.97. The van der Waals surface area contributed by atoms with Crippen LogP contribution < -0.4 is 5.32 Å². The molecule has 1 rings (SSSR count). The highest BCUT2D eigenvalue weighted by Gasteiger charge is 2.24. The maximum Gasteiger partial charge on any atom is 0.225 e. The van der Waals surface area contributed by atoms with Crippen LogP contribution in [0, 0.1) is 5.92 Å². The van der Waals surface area contributed by atoms with Gasteiger partial charge in [0.05, 0.1) is 0 Å². The van der Waals surface area contributed by atoms with Crippen LogP contribution in [0.1, 0.15) is 33.1 Å². The van der Waals surface area contributed by atoms with Crippen molar-refractivity contribution in [1.82, 2.24) is 10.2 Å². The highest BCUT2D eigenvalue weighted by molar-refractivity contribution is 5.78. The molecular formula is C11H22N2O. The number of nitrogens with one attached hydrogen (secondary N) is 1. The van der Waals surface area contributed by atoms with Gasteiger partial charge in [-0.1, -0.05) is 13.8 Å². The Hall–Kier alpha value is -0.570. The van der Waals surface area contributed by atoms with Gasteiger partial charge in [0.2, 0.25) is 5.91 Å². The van der Waals surface area contributed by atoms with Crippen molar-refractivity contribution in [3.63, 3.8) is 0 Å². The predicted molar refractivity (Wildman–Crippen MR) is 58.1 cm³/mol. The van der Waals surface area contributed by atoms with E-state index in [4.69, 9.17) is 0 Å². The Kier molecular flexibility index (Phi) is 4.39. The maximum absolute atomic E-state index is 11.9. The van der Waals surface area contributed by atoms with E-state index in [1.54, 1.807) is 0 Å². The van der Waals surface area contributed by atoms with Crippen LogP contribution in [0.15, 0.2) is 0 Å². The molecule has 0 bridgehead atoms. The largest absolute Gasteiger partial charge is 0.341 e. The number of carbonyl (C=O) groups excluding carboxylic acids is 1. The molecule has 1 aliphatic rings. The highest BCUT2D eigenvalue weighted by atomic mass is 16.2. The first kappa shape index (κ1) is 11.5. The lowest BCUT2D eigenvalue weighted by Crippen LogP contribution is -2.48. The molecular weight excluding hydrogens is 176 g/mol. The van der Waals surface area contributed by atoms with Crippen molar-refractivity contribution in [1.29, 1.82) is 0 Å². The molecule has 0 aromatic heterocycles. The van der Waals surface area contributed by atoms with Gasteiger partial charge in [0, 0.05) is 25.0 Å². The van der Waals surface area contributed by atoms with E-state index in [1.807, 2.05) is 18.9 Å². The molecule has 14 heavy (non-hydrogen) atoms. The van der Waals surface area contributed by atoms with Crippen LogP contribution in [-0.2, 0) is 4.79 Å². The lowest BCUT2D eigenvalue weighted by molar-refractivity contribution is -0.136. The SMILES string of the molecule is CCC(C)C(=O)N1CCCC(NC)C1. The average Bonchev–Trinajstić information content (AvgIpc) is 2.27. The Bertz CT molecular complexity index is 194. The van der Waals surface area contributed by atoms with Crippen molar-refractivity contribution >= 4 is 5.91 Å². The third-order valence-electron chi connectivity index (χ3n) is 3.18. The number of amides is 1. The molecule has 0 aliphatic carbocycles.